The Kier molecular flexibility index (Phi) is 3.81. The zero-order valence-corrected chi connectivity index (χ0v) is 15.8. The Morgan fingerprint density at radius 2 is 2.11 bits per heavy atom. The van der Waals surface area contributed by atoms with E-state index in [-0.39, 0.29) is 17.4 Å². The van der Waals surface area contributed by atoms with Gasteiger partial charge >= 0.3 is 0 Å². The van der Waals surface area contributed by atoms with Gasteiger partial charge in [-0.3, -0.25) is 4.79 Å². The Morgan fingerprint density at radius 3 is 2.96 bits per heavy atom. The maximum absolute atomic E-state index is 12.8. The van der Waals surface area contributed by atoms with E-state index < -0.39 is 0 Å². The van der Waals surface area contributed by atoms with Crippen LogP contribution in [0.5, 0.6) is 0 Å². The van der Waals surface area contributed by atoms with Crippen LogP contribution >= 0.6 is 0 Å². The van der Waals surface area contributed by atoms with Crippen LogP contribution in [0.1, 0.15) is 55.9 Å². The zero-order valence-electron chi connectivity index (χ0n) is 15.8. The van der Waals surface area contributed by atoms with Crippen LogP contribution in [0.25, 0.3) is 11.5 Å². The number of para-hydroxylation sites is 1. The second-order valence-electron chi connectivity index (χ2n) is 8.93. The van der Waals surface area contributed by atoms with Crippen LogP contribution in [0.2, 0.25) is 0 Å². The Morgan fingerprint density at radius 1 is 1.30 bits per heavy atom. The van der Waals surface area contributed by atoms with Gasteiger partial charge in [-0.1, -0.05) is 12.1 Å². The molecule has 0 saturated heterocycles. The van der Waals surface area contributed by atoms with E-state index in [0.717, 1.165) is 17.8 Å². The van der Waals surface area contributed by atoms with Gasteiger partial charge in [0.05, 0.1) is 5.56 Å². The van der Waals surface area contributed by atoms with Crippen molar-refractivity contribution >= 4 is 11.6 Å². The highest BCUT2D eigenvalue weighted by Crippen LogP contribution is 2.63. The number of anilines is 1. The summed E-state index contributed by atoms with van der Waals surface area (Å²) >= 11 is 0. The van der Waals surface area contributed by atoms with Crippen molar-refractivity contribution < 1.29 is 9.21 Å². The smallest absolute Gasteiger partial charge is 0.273 e. The number of carbonyl (C=O) groups is 1. The Bertz CT molecular complexity index is 876. The zero-order chi connectivity index (χ0) is 18.6. The van der Waals surface area contributed by atoms with Crippen molar-refractivity contribution in [1.82, 2.24) is 10.3 Å². The van der Waals surface area contributed by atoms with E-state index >= 15 is 0 Å². The van der Waals surface area contributed by atoms with Crippen molar-refractivity contribution in [3.63, 3.8) is 0 Å². The number of hydrogen-bond acceptors (Lipinski definition) is 4. The molecule has 0 aliphatic heterocycles. The van der Waals surface area contributed by atoms with E-state index in [1.807, 2.05) is 18.2 Å². The number of nitrogens with one attached hydrogen (secondary N) is 1. The third kappa shape index (κ3) is 2.67. The molecule has 5 heteroatoms. The summed E-state index contributed by atoms with van der Waals surface area (Å²) in [6.45, 7) is 2.19. The van der Waals surface area contributed by atoms with Gasteiger partial charge in [-0.05, 0) is 80.8 Å². The average molecular weight is 365 g/mol. The Labute approximate surface area is 159 Å². The topological polar surface area (TPSA) is 81.2 Å². The number of nitrogens with zero attached hydrogens (tertiary/aromatic N) is 1. The van der Waals surface area contributed by atoms with Gasteiger partial charge in [-0.25, -0.2) is 4.98 Å². The number of hydrogen-bond donors (Lipinski definition) is 2. The molecular weight excluding hydrogens is 338 g/mol. The van der Waals surface area contributed by atoms with Crippen LogP contribution in [0.4, 0.5) is 5.69 Å². The lowest BCUT2D eigenvalue weighted by molar-refractivity contribution is 0.0519. The van der Waals surface area contributed by atoms with Crippen LogP contribution in [0, 0.1) is 23.2 Å². The van der Waals surface area contributed by atoms with Crippen molar-refractivity contribution in [1.29, 1.82) is 0 Å². The first-order valence-corrected chi connectivity index (χ1v) is 10.2. The van der Waals surface area contributed by atoms with Crippen molar-refractivity contribution in [3.8, 4) is 11.5 Å². The molecule has 3 aliphatic rings. The van der Waals surface area contributed by atoms with Crippen molar-refractivity contribution in [3.05, 3.63) is 36.2 Å². The first kappa shape index (κ1) is 16.8. The van der Waals surface area contributed by atoms with Crippen molar-refractivity contribution in [2.24, 2.45) is 23.2 Å². The Hall–Kier alpha value is -2.30. The molecule has 5 atom stereocenters. The van der Waals surface area contributed by atoms with Gasteiger partial charge < -0.3 is 15.5 Å². The number of benzene rings is 1. The number of fused-ring (bicyclic) bond motifs is 2. The molecule has 3 aliphatic carbocycles. The molecule has 1 heterocycles. The molecule has 5 unspecified atom stereocenters. The SMILES string of the molecule is CC(NC(=O)c1coc(-c2ccccc2N)n1)C12CCC3CC(CC1C3)C2. The monoisotopic (exact) mass is 365 g/mol. The number of oxazole rings is 1. The first-order valence-electron chi connectivity index (χ1n) is 10.2. The minimum Gasteiger partial charge on any atom is -0.444 e. The molecule has 3 fully saturated rings. The highest BCUT2D eigenvalue weighted by atomic mass is 16.3. The lowest BCUT2D eigenvalue weighted by Crippen LogP contribution is -2.49. The van der Waals surface area contributed by atoms with Gasteiger partial charge in [0, 0.05) is 11.7 Å². The predicted octanol–water partition coefficient (Wildman–Crippen LogP) is 4.26. The van der Waals surface area contributed by atoms with Gasteiger partial charge in [0.2, 0.25) is 5.89 Å². The minimum absolute atomic E-state index is 0.148. The summed E-state index contributed by atoms with van der Waals surface area (Å²) in [6.07, 6.45) is 9.42. The van der Waals surface area contributed by atoms with E-state index in [2.05, 4.69) is 17.2 Å². The van der Waals surface area contributed by atoms with Crippen LogP contribution in [0.3, 0.4) is 0 Å². The molecule has 1 amide bonds. The molecule has 1 aromatic heterocycles. The van der Waals surface area contributed by atoms with Crippen LogP contribution < -0.4 is 11.1 Å². The summed E-state index contributed by atoms with van der Waals surface area (Å²) in [5.41, 5.74) is 7.90. The number of rotatable bonds is 4. The molecule has 3 N–H and O–H groups in total. The largest absolute Gasteiger partial charge is 0.444 e. The summed E-state index contributed by atoms with van der Waals surface area (Å²) in [5.74, 6) is 2.82. The highest BCUT2D eigenvalue weighted by Gasteiger charge is 2.56. The molecule has 0 radical (unpaired) electrons. The summed E-state index contributed by atoms with van der Waals surface area (Å²) in [5, 5.41) is 3.25. The number of amides is 1. The van der Waals surface area contributed by atoms with E-state index in [1.165, 1.54) is 44.8 Å². The number of carbonyl (C=O) groups excluding carboxylic acids is 1. The molecule has 5 rings (SSSR count). The van der Waals surface area contributed by atoms with Crippen LogP contribution in [0.15, 0.2) is 34.9 Å². The molecule has 142 valence electrons. The standard InChI is InChI=1S/C22H27N3O2/c1-13(22-7-6-14-8-15(11-22)10-16(22)9-14)24-20(26)19-12-27-21(25-19)17-4-2-3-5-18(17)23/h2-5,12-16H,6-11,23H2,1H3,(H,24,26). The quantitative estimate of drug-likeness (QED) is 0.793. The summed E-state index contributed by atoms with van der Waals surface area (Å²) in [4.78, 5) is 17.2. The fourth-order valence-corrected chi connectivity index (χ4v) is 6.27. The van der Waals surface area contributed by atoms with E-state index in [4.69, 9.17) is 10.2 Å². The number of nitrogen functional groups attached to an aromatic ring is 1. The molecule has 3 bridgehead atoms. The average Bonchev–Trinajstić information content (AvgIpc) is 3.20. The summed E-state index contributed by atoms with van der Waals surface area (Å²) in [6, 6.07) is 7.56. The van der Waals surface area contributed by atoms with Crippen molar-refractivity contribution in [2.75, 3.05) is 5.73 Å². The fraction of sp³-hybridized carbons (Fsp3) is 0.545. The van der Waals surface area contributed by atoms with Gasteiger partial charge in [-0.2, -0.15) is 0 Å². The van der Waals surface area contributed by atoms with E-state index in [0.29, 0.717) is 22.8 Å². The van der Waals surface area contributed by atoms with E-state index in [1.54, 1.807) is 6.07 Å². The summed E-state index contributed by atoms with van der Waals surface area (Å²) < 4.78 is 5.54. The van der Waals surface area contributed by atoms with Crippen LogP contribution in [-0.4, -0.2) is 16.9 Å². The third-order valence-electron chi connectivity index (χ3n) is 7.54. The number of nitrogens with two attached hydrogens (primary N) is 1. The van der Waals surface area contributed by atoms with Crippen LogP contribution in [-0.2, 0) is 0 Å². The molecule has 3 saturated carbocycles. The number of aromatic nitrogens is 1. The first-order chi connectivity index (χ1) is 13.0. The molecule has 0 spiro atoms. The van der Waals surface area contributed by atoms with Crippen molar-refractivity contribution in [2.45, 2.75) is 51.5 Å². The predicted molar refractivity (Wildman–Crippen MR) is 104 cm³/mol. The van der Waals surface area contributed by atoms with Gasteiger partial charge in [0.15, 0.2) is 5.69 Å². The Balaban J connectivity index is 1.33. The summed E-state index contributed by atoms with van der Waals surface area (Å²) in [7, 11) is 0. The maximum Gasteiger partial charge on any atom is 0.273 e. The lowest BCUT2D eigenvalue weighted by Gasteiger charge is -2.46. The molecular formula is C22H27N3O2. The molecule has 5 nitrogen and oxygen atoms in total. The lowest BCUT2D eigenvalue weighted by atomic mass is 9.61. The maximum atomic E-state index is 12.8. The second kappa shape index (κ2) is 6.11. The molecule has 27 heavy (non-hydrogen) atoms. The molecule has 2 aromatic rings. The van der Waals surface area contributed by atoms with E-state index in [9.17, 15) is 4.79 Å². The molecule has 1 aromatic carbocycles. The normalized spacial score (nSPS) is 32.4. The van der Waals surface area contributed by atoms with Gasteiger partial charge in [0.1, 0.15) is 6.26 Å². The fourth-order valence-electron chi connectivity index (χ4n) is 6.27. The van der Waals surface area contributed by atoms with Gasteiger partial charge in [0.25, 0.3) is 5.91 Å². The third-order valence-corrected chi connectivity index (χ3v) is 7.54. The van der Waals surface area contributed by atoms with Gasteiger partial charge in [-0.15, -0.1) is 0 Å². The highest BCUT2D eigenvalue weighted by molar-refractivity contribution is 5.92. The minimum atomic E-state index is -0.148. The second-order valence-corrected chi connectivity index (χ2v) is 8.93.